The first-order valence-electron chi connectivity index (χ1n) is 8.29. The first-order valence-corrected chi connectivity index (χ1v) is 8.66. The fraction of sp³-hybridized carbons (Fsp3) is 0.556. The van der Waals surface area contributed by atoms with E-state index in [0.717, 1.165) is 37.8 Å². The topological polar surface area (TPSA) is 46.6 Å². The quantitative estimate of drug-likeness (QED) is 0.794. The molecule has 1 saturated heterocycles. The second-order valence-electron chi connectivity index (χ2n) is 6.43. The molecule has 1 amide bonds. The number of ether oxygens (including phenoxy) is 1. The maximum atomic E-state index is 13.0. The molecule has 0 radical (unpaired) electrons. The van der Waals surface area contributed by atoms with Crippen molar-refractivity contribution >= 4 is 23.5 Å². The summed E-state index contributed by atoms with van der Waals surface area (Å²) in [5, 5.41) is 0.678. The summed E-state index contributed by atoms with van der Waals surface area (Å²) < 4.78 is 5.12. The van der Waals surface area contributed by atoms with Gasteiger partial charge in [-0.25, -0.2) is 0 Å². The molecule has 0 aromatic heterocycles. The molecule has 1 saturated carbocycles. The van der Waals surface area contributed by atoms with Crippen LogP contribution in [-0.4, -0.2) is 36.5 Å². The van der Waals surface area contributed by atoms with Crippen molar-refractivity contribution in [1.29, 1.82) is 0 Å². The lowest BCUT2D eigenvalue weighted by molar-refractivity contribution is -0.151. The van der Waals surface area contributed by atoms with Crippen molar-refractivity contribution in [2.24, 2.45) is 5.92 Å². The number of benzene rings is 1. The van der Waals surface area contributed by atoms with E-state index in [9.17, 15) is 9.59 Å². The van der Waals surface area contributed by atoms with Crippen LogP contribution in [0.25, 0.3) is 0 Å². The average molecular weight is 336 g/mol. The fourth-order valence-corrected chi connectivity index (χ4v) is 3.56. The Morgan fingerprint density at radius 3 is 2.61 bits per heavy atom. The first kappa shape index (κ1) is 16.3. The van der Waals surface area contributed by atoms with E-state index in [0.29, 0.717) is 18.2 Å². The van der Waals surface area contributed by atoms with E-state index in [-0.39, 0.29) is 17.8 Å². The van der Waals surface area contributed by atoms with Crippen LogP contribution in [0.3, 0.4) is 0 Å². The minimum absolute atomic E-state index is 0.147. The Balaban J connectivity index is 1.72. The van der Waals surface area contributed by atoms with E-state index in [4.69, 9.17) is 16.3 Å². The van der Waals surface area contributed by atoms with Crippen molar-refractivity contribution in [3.8, 4) is 0 Å². The van der Waals surface area contributed by atoms with Gasteiger partial charge in [-0.05, 0) is 50.3 Å². The van der Waals surface area contributed by atoms with Gasteiger partial charge in [0.15, 0.2) is 0 Å². The highest BCUT2D eigenvalue weighted by atomic mass is 35.5. The molecular weight excluding hydrogens is 314 g/mol. The lowest BCUT2D eigenvalue weighted by Gasteiger charge is -2.34. The van der Waals surface area contributed by atoms with Gasteiger partial charge >= 0.3 is 5.97 Å². The number of likely N-dealkylation sites (tertiary alicyclic amines) is 1. The molecule has 23 heavy (non-hydrogen) atoms. The van der Waals surface area contributed by atoms with Gasteiger partial charge in [-0.15, -0.1) is 0 Å². The van der Waals surface area contributed by atoms with Gasteiger partial charge in [0, 0.05) is 18.1 Å². The number of esters is 1. The van der Waals surface area contributed by atoms with Crippen molar-refractivity contribution in [3.63, 3.8) is 0 Å². The van der Waals surface area contributed by atoms with Crippen molar-refractivity contribution in [3.05, 3.63) is 34.9 Å². The molecule has 1 heterocycles. The van der Waals surface area contributed by atoms with Gasteiger partial charge in [-0.3, -0.25) is 9.59 Å². The highest BCUT2D eigenvalue weighted by Gasteiger charge is 2.53. The van der Waals surface area contributed by atoms with Gasteiger partial charge < -0.3 is 9.64 Å². The van der Waals surface area contributed by atoms with Crippen LogP contribution in [0.4, 0.5) is 0 Å². The van der Waals surface area contributed by atoms with E-state index in [2.05, 4.69) is 0 Å². The molecule has 1 aromatic rings. The first-order chi connectivity index (χ1) is 11.1. The minimum atomic E-state index is -0.402. The second-order valence-corrected chi connectivity index (χ2v) is 6.87. The van der Waals surface area contributed by atoms with Gasteiger partial charge in [-0.2, -0.15) is 0 Å². The maximum Gasteiger partial charge on any atom is 0.310 e. The Hall–Kier alpha value is -1.55. The molecule has 3 rings (SSSR count). The van der Waals surface area contributed by atoms with E-state index in [1.165, 1.54) is 0 Å². The number of halogens is 1. The zero-order chi connectivity index (χ0) is 16.4. The van der Waals surface area contributed by atoms with Crippen LogP contribution in [0.5, 0.6) is 0 Å². The Morgan fingerprint density at radius 1 is 1.30 bits per heavy atom. The number of hydrogen-bond acceptors (Lipinski definition) is 3. The number of carbonyl (C=O) groups excluding carboxylic acids is 2. The smallest absolute Gasteiger partial charge is 0.310 e. The number of nitrogens with zero attached hydrogens (tertiary/aromatic N) is 1. The monoisotopic (exact) mass is 335 g/mol. The average Bonchev–Trinajstić information content (AvgIpc) is 3.37. The number of piperidine rings is 1. The number of amides is 1. The standard InChI is InChI=1S/C18H22ClNO3/c1-2-23-16(21)13-4-3-11-20(12-13)17(22)18(9-10-18)14-5-7-15(19)8-6-14/h5-8,13H,2-4,9-12H2,1H3/t13-/m1/s1. The molecule has 1 aliphatic heterocycles. The van der Waals surface area contributed by atoms with Gasteiger partial charge in [-0.1, -0.05) is 23.7 Å². The molecule has 1 aliphatic carbocycles. The normalized spacial score (nSPS) is 22.5. The van der Waals surface area contributed by atoms with E-state index in [1.54, 1.807) is 0 Å². The SMILES string of the molecule is CCOC(=O)[C@@H]1CCCN(C(=O)C2(c3ccc(Cl)cc3)CC2)C1. The van der Waals surface area contributed by atoms with Crippen LogP contribution in [0.1, 0.15) is 38.2 Å². The van der Waals surface area contributed by atoms with Gasteiger partial charge in [0.1, 0.15) is 0 Å². The second kappa shape index (κ2) is 6.52. The van der Waals surface area contributed by atoms with Crippen molar-refractivity contribution in [1.82, 2.24) is 4.90 Å². The fourth-order valence-electron chi connectivity index (χ4n) is 3.44. The molecule has 1 atom stereocenters. The predicted octanol–water partition coefficient (Wildman–Crippen LogP) is 3.17. The number of rotatable bonds is 4. The van der Waals surface area contributed by atoms with Crippen molar-refractivity contribution < 1.29 is 14.3 Å². The van der Waals surface area contributed by atoms with Crippen molar-refractivity contribution in [2.45, 2.75) is 38.0 Å². The summed E-state index contributed by atoms with van der Waals surface area (Å²) in [6.07, 6.45) is 3.39. The predicted molar refractivity (Wildman–Crippen MR) is 88.3 cm³/mol. The molecule has 1 aromatic carbocycles. The number of carbonyl (C=O) groups is 2. The third kappa shape index (κ3) is 3.23. The summed E-state index contributed by atoms with van der Waals surface area (Å²) in [4.78, 5) is 26.9. The molecule has 0 unspecified atom stereocenters. The van der Waals surface area contributed by atoms with E-state index in [1.807, 2.05) is 36.1 Å². The summed E-state index contributed by atoms with van der Waals surface area (Å²) in [6.45, 7) is 3.40. The largest absolute Gasteiger partial charge is 0.466 e. The summed E-state index contributed by atoms with van der Waals surface area (Å²) >= 11 is 5.95. The molecule has 0 spiro atoms. The Morgan fingerprint density at radius 2 is 2.00 bits per heavy atom. The molecule has 124 valence electrons. The maximum absolute atomic E-state index is 13.0. The molecule has 0 N–H and O–H groups in total. The van der Waals surface area contributed by atoms with Gasteiger partial charge in [0.25, 0.3) is 0 Å². The van der Waals surface area contributed by atoms with Crippen molar-refractivity contribution in [2.75, 3.05) is 19.7 Å². The summed E-state index contributed by atoms with van der Waals surface area (Å²) in [7, 11) is 0. The summed E-state index contributed by atoms with van der Waals surface area (Å²) in [5.74, 6) is -0.219. The van der Waals surface area contributed by atoms with E-state index < -0.39 is 5.41 Å². The summed E-state index contributed by atoms with van der Waals surface area (Å²) in [6, 6.07) is 7.56. The Labute approximate surface area is 141 Å². The summed E-state index contributed by atoms with van der Waals surface area (Å²) in [5.41, 5.74) is 0.631. The van der Waals surface area contributed by atoms with E-state index >= 15 is 0 Å². The molecule has 4 nitrogen and oxygen atoms in total. The van der Waals surface area contributed by atoms with Crippen LogP contribution in [0, 0.1) is 5.92 Å². The number of hydrogen-bond donors (Lipinski definition) is 0. The molecule has 2 aliphatic rings. The Kier molecular flexibility index (Phi) is 4.62. The van der Waals surface area contributed by atoms with Crippen LogP contribution in [0.15, 0.2) is 24.3 Å². The minimum Gasteiger partial charge on any atom is -0.466 e. The van der Waals surface area contributed by atoms with Gasteiger partial charge in [0.05, 0.1) is 17.9 Å². The Bertz CT molecular complexity index is 595. The lowest BCUT2D eigenvalue weighted by atomic mass is 9.91. The molecular formula is C18H22ClNO3. The third-order valence-corrected chi connectivity index (χ3v) is 5.14. The highest BCUT2D eigenvalue weighted by Crippen LogP contribution is 2.50. The molecule has 2 fully saturated rings. The zero-order valence-corrected chi connectivity index (χ0v) is 14.1. The highest BCUT2D eigenvalue weighted by molar-refractivity contribution is 6.30. The van der Waals surface area contributed by atoms with Crippen LogP contribution >= 0.6 is 11.6 Å². The zero-order valence-electron chi connectivity index (χ0n) is 13.4. The lowest BCUT2D eigenvalue weighted by Crippen LogP contribution is -2.47. The van der Waals surface area contributed by atoms with Gasteiger partial charge in [0.2, 0.25) is 5.91 Å². The third-order valence-electron chi connectivity index (χ3n) is 4.88. The van der Waals surface area contributed by atoms with Crippen LogP contribution in [0.2, 0.25) is 5.02 Å². The van der Waals surface area contributed by atoms with Crippen LogP contribution < -0.4 is 0 Å². The molecule has 5 heteroatoms. The van der Waals surface area contributed by atoms with Crippen LogP contribution in [-0.2, 0) is 19.7 Å². The molecule has 0 bridgehead atoms.